The number of piperidine rings is 2. The van der Waals surface area contributed by atoms with E-state index in [0.717, 1.165) is 37.9 Å². The fourth-order valence-corrected chi connectivity index (χ4v) is 5.26. The summed E-state index contributed by atoms with van der Waals surface area (Å²) in [5.41, 5.74) is 0.734. The summed E-state index contributed by atoms with van der Waals surface area (Å²) >= 11 is 0. The molecule has 1 N–H and O–H groups in total. The second-order valence-corrected chi connectivity index (χ2v) is 9.42. The van der Waals surface area contributed by atoms with Gasteiger partial charge in [0.25, 0.3) is 5.92 Å². The number of carbonyl (C=O) groups excluding carboxylic acids is 2. The van der Waals surface area contributed by atoms with Crippen molar-refractivity contribution in [1.82, 2.24) is 20.0 Å². The minimum atomic E-state index is -2.55. The number of nitrogens with zero attached hydrogens (tertiary/aromatic N) is 3. The van der Waals surface area contributed by atoms with Crippen molar-refractivity contribution in [3.63, 3.8) is 0 Å². The molecule has 0 radical (unpaired) electrons. The van der Waals surface area contributed by atoms with E-state index in [1.165, 1.54) is 0 Å². The first-order chi connectivity index (χ1) is 14.7. The maximum atomic E-state index is 13.4. The van der Waals surface area contributed by atoms with E-state index < -0.39 is 5.92 Å². The molecule has 3 fully saturated rings. The summed E-state index contributed by atoms with van der Waals surface area (Å²) in [5, 5.41) is 3.19. The van der Waals surface area contributed by atoms with E-state index in [0.29, 0.717) is 45.2 Å². The average molecular weight is 441 g/mol. The number of fused-ring (bicyclic) bond motifs is 1. The van der Waals surface area contributed by atoms with Gasteiger partial charge in [-0.15, -0.1) is 0 Å². The molecule has 2 saturated heterocycles. The Labute approximate surface area is 185 Å². The molecule has 2 aliphatic heterocycles. The molecule has 31 heavy (non-hydrogen) atoms. The third kappa shape index (κ3) is 6.25. The summed E-state index contributed by atoms with van der Waals surface area (Å²) in [7, 11) is 0. The Bertz CT molecular complexity index is 662. The van der Waals surface area contributed by atoms with Crippen molar-refractivity contribution in [2.24, 2.45) is 5.92 Å². The van der Waals surface area contributed by atoms with Gasteiger partial charge in [0.15, 0.2) is 5.78 Å². The van der Waals surface area contributed by atoms with E-state index >= 15 is 0 Å². The SMILES string of the molecule is C=C1C[C@@H]2[C@@H](CC1=O)C[C@H](NC(=O)N(CC)CCN1CCC(F)(F)CC1)CN2CCC. The van der Waals surface area contributed by atoms with Crippen LogP contribution < -0.4 is 5.32 Å². The number of likely N-dealkylation sites (N-methyl/N-ethyl adjacent to an activating group) is 1. The van der Waals surface area contributed by atoms with Gasteiger partial charge in [-0.1, -0.05) is 13.5 Å². The van der Waals surface area contributed by atoms with E-state index in [-0.39, 0.29) is 36.6 Å². The van der Waals surface area contributed by atoms with E-state index in [1.54, 1.807) is 4.90 Å². The molecule has 0 spiro atoms. The minimum absolute atomic E-state index is 0.0159. The third-order valence-corrected chi connectivity index (χ3v) is 7.13. The van der Waals surface area contributed by atoms with Crippen molar-refractivity contribution in [2.75, 3.05) is 45.8 Å². The molecule has 3 atom stereocenters. The highest BCUT2D eigenvalue weighted by atomic mass is 19.3. The highest BCUT2D eigenvalue weighted by Crippen LogP contribution is 2.36. The second-order valence-electron chi connectivity index (χ2n) is 9.42. The van der Waals surface area contributed by atoms with Gasteiger partial charge in [0, 0.05) is 70.6 Å². The molecule has 6 nitrogen and oxygen atoms in total. The standard InChI is InChI=1S/C23H38F2N4O2/c1-4-8-29-16-19(14-18-15-21(30)17(3)13-20(18)29)26-22(31)28(5-2)12-11-27-9-6-23(24,25)7-10-27/h18-20H,3-16H2,1-2H3,(H,26,31)/t18-,19+,20-/m1/s1. The Balaban J connectivity index is 1.53. The number of hydrogen-bond acceptors (Lipinski definition) is 4. The van der Waals surface area contributed by atoms with Gasteiger partial charge in [0.05, 0.1) is 0 Å². The van der Waals surface area contributed by atoms with Crippen LogP contribution >= 0.6 is 0 Å². The number of ketones is 1. The first-order valence-corrected chi connectivity index (χ1v) is 11.8. The van der Waals surface area contributed by atoms with Crippen LogP contribution in [0.25, 0.3) is 0 Å². The van der Waals surface area contributed by atoms with Crippen LogP contribution in [0.4, 0.5) is 13.6 Å². The quantitative estimate of drug-likeness (QED) is 0.618. The topological polar surface area (TPSA) is 55.9 Å². The van der Waals surface area contributed by atoms with Crippen molar-refractivity contribution < 1.29 is 18.4 Å². The molecule has 1 saturated carbocycles. The summed E-state index contributed by atoms with van der Waals surface area (Å²) in [6.45, 7) is 12.3. The molecule has 0 aromatic carbocycles. The lowest BCUT2D eigenvalue weighted by Crippen LogP contribution is -2.59. The maximum absolute atomic E-state index is 13.4. The molecule has 8 heteroatoms. The molecule has 0 aromatic rings. The maximum Gasteiger partial charge on any atom is 0.317 e. The molecule has 3 aliphatic rings. The number of carbonyl (C=O) groups is 2. The normalized spacial score (nSPS) is 29.5. The minimum Gasteiger partial charge on any atom is -0.334 e. The lowest BCUT2D eigenvalue weighted by molar-refractivity contribution is -0.119. The first kappa shape index (κ1) is 24.1. The van der Waals surface area contributed by atoms with Gasteiger partial charge >= 0.3 is 6.03 Å². The Morgan fingerprint density at radius 1 is 1.23 bits per heavy atom. The number of rotatable bonds is 7. The third-order valence-electron chi connectivity index (χ3n) is 7.13. The van der Waals surface area contributed by atoms with Gasteiger partial charge in [0.2, 0.25) is 0 Å². The smallest absolute Gasteiger partial charge is 0.317 e. The molecular formula is C23H38F2N4O2. The van der Waals surface area contributed by atoms with Crippen molar-refractivity contribution in [3.05, 3.63) is 12.2 Å². The highest BCUT2D eigenvalue weighted by molar-refractivity contribution is 5.95. The van der Waals surface area contributed by atoms with Gasteiger partial charge in [-0.2, -0.15) is 0 Å². The van der Waals surface area contributed by atoms with Gasteiger partial charge in [-0.3, -0.25) is 9.69 Å². The van der Waals surface area contributed by atoms with E-state index in [1.807, 2.05) is 11.8 Å². The number of alkyl halides is 2. The molecule has 2 amide bonds. The van der Waals surface area contributed by atoms with Crippen molar-refractivity contribution in [2.45, 2.75) is 70.4 Å². The molecule has 0 unspecified atom stereocenters. The fourth-order valence-electron chi connectivity index (χ4n) is 5.26. The van der Waals surface area contributed by atoms with Crippen molar-refractivity contribution in [3.8, 4) is 0 Å². The molecular weight excluding hydrogens is 402 g/mol. The van der Waals surface area contributed by atoms with Crippen molar-refractivity contribution in [1.29, 1.82) is 0 Å². The van der Waals surface area contributed by atoms with E-state index in [4.69, 9.17) is 0 Å². The summed E-state index contributed by atoms with van der Waals surface area (Å²) in [4.78, 5) is 31.3. The molecule has 176 valence electrons. The Morgan fingerprint density at radius 3 is 2.58 bits per heavy atom. The zero-order chi connectivity index (χ0) is 22.6. The number of amides is 2. The van der Waals surface area contributed by atoms with Gasteiger partial charge < -0.3 is 15.1 Å². The Hall–Kier alpha value is -1.54. The van der Waals surface area contributed by atoms with Crippen molar-refractivity contribution >= 4 is 11.8 Å². The summed E-state index contributed by atoms with van der Waals surface area (Å²) in [6, 6.07) is 0.260. The Morgan fingerprint density at radius 2 is 1.94 bits per heavy atom. The summed E-state index contributed by atoms with van der Waals surface area (Å²) < 4.78 is 26.7. The zero-order valence-electron chi connectivity index (χ0n) is 19.0. The van der Waals surface area contributed by atoms with Crippen LogP contribution in [0, 0.1) is 5.92 Å². The number of nitrogens with one attached hydrogen (secondary N) is 1. The average Bonchev–Trinajstić information content (AvgIpc) is 2.71. The fraction of sp³-hybridized carbons (Fsp3) is 0.826. The molecule has 0 bridgehead atoms. The van der Waals surface area contributed by atoms with Gasteiger partial charge in [0.1, 0.15) is 0 Å². The molecule has 3 rings (SSSR count). The number of likely N-dealkylation sites (tertiary alicyclic amines) is 2. The predicted octanol–water partition coefficient (Wildman–Crippen LogP) is 3.14. The van der Waals surface area contributed by atoms with E-state index in [2.05, 4.69) is 23.7 Å². The second kappa shape index (κ2) is 10.4. The number of urea groups is 1. The lowest BCUT2D eigenvalue weighted by Gasteiger charge is -2.47. The summed E-state index contributed by atoms with van der Waals surface area (Å²) in [5.74, 6) is -2.13. The molecule has 0 aromatic heterocycles. The van der Waals surface area contributed by atoms with Crippen LogP contribution in [-0.4, -0.2) is 90.3 Å². The van der Waals surface area contributed by atoms with Crippen LogP contribution in [0.15, 0.2) is 12.2 Å². The summed E-state index contributed by atoms with van der Waals surface area (Å²) in [6.07, 6.45) is 2.89. The van der Waals surface area contributed by atoms with Crippen LogP contribution in [0.5, 0.6) is 0 Å². The monoisotopic (exact) mass is 440 g/mol. The van der Waals surface area contributed by atoms with Gasteiger partial charge in [-0.05, 0) is 44.2 Å². The van der Waals surface area contributed by atoms with E-state index in [9.17, 15) is 18.4 Å². The number of Topliss-reactive ketones (excluding diaryl/α,β-unsaturated/α-hetero) is 1. The lowest BCUT2D eigenvalue weighted by atomic mass is 9.74. The zero-order valence-corrected chi connectivity index (χ0v) is 19.0. The number of halogens is 2. The Kier molecular flexibility index (Phi) is 8.08. The van der Waals surface area contributed by atoms with Crippen LogP contribution in [0.2, 0.25) is 0 Å². The molecule has 2 heterocycles. The van der Waals surface area contributed by atoms with Crippen LogP contribution in [0.1, 0.15) is 52.4 Å². The largest absolute Gasteiger partial charge is 0.334 e. The van der Waals surface area contributed by atoms with Gasteiger partial charge in [-0.25, -0.2) is 13.6 Å². The predicted molar refractivity (Wildman–Crippen MR) is 117 cm³/mol. The van der Waals surface area contributed by atoms with Crippen LogP contribution in [0.3, 0.4) is 0 Å². The highest BCUT2D eigenvalue weighted by Gasteiger charge is 2.41. The molecule has 1 aliphatic carbocycles. The first-order valence-electron chi connectivity index (χ1n) is 11.8. The van der Waals surface area contributed by atoms with Crippen LogP contribution in [-0.2, 0) is 4.79 Å². The number of hydrogen-bond donors (Lipinski definition) is 1.